The normalized spacial score (nSPS) is 22.7. The van der Waals surface area contributed by atoms with Gasteiger partial charge in [-0.3, -0.25) is 9.48 Å². The van der Waals surface area contributed by atoms with Gasteiger partial charge in [0.1, 0.15) is 5.69 Å². The van der Waals surface area contributed by atoms with Gasteiger partial charge in [0.05, 0.1) is 11.9 Å². The number of aliphatic hydroxyl groups is 1. The molecule has 0 bridgehead atoms. The number of amides is 1. The minimum atomic E-state index is -0.177. The molecular formula is C14H24N4O2. The Kier molecular flexibility index (Phi) is 5.00. The average Bonchev–Trinajstić information content (AvgIpc) is 2.86. The van der Waals surface area contributed by atoms with Crippen LogP contribution in [-0.4, -0.2) is 33.9 Å². The predicted molar refractivity (Wildman–Crippen MR) is 77.2 cm³/mol. The van der Waals surface area contributed by atoms with E-state index in [1.54, 1.807) is 4.68 Å². The summed E-state index contributed by atoms with van der Waals surface area (Å²) < 4.78 is 1.61. The fourth-order valence-corrected chi connectivity index (χ4v) is 2.99. The number of anilines is 1. The number of rotatable bonds is 5. The fourth-order valence-electron chi connectivity index (χ4n) is 2.99. The van der Waals surface area contributed by atoms with Crippen LogP contribution >= 0.6 is 0 Å². The van der Waals surface area contributed by atoms with E-state index in [9.17, 15) is 9.90 Å². The molecule has 4 N–H and O–H groups in total. The van der Waals surface area contributed by atoms with E-state index in [-0.39, 0.29) is 12.5 Å². The number of carbonyl (C=O) groups excluding carboxylic acids is 1. The second-order valence-electron chi connectivity index (χ2n) is 5.46. The van der Waals surface area contributed by atoms with Gasteiger partial charge in [-0.15, -0.1) is 0 Å². The molecule has 1 heterocycles. The first-order chi connectivity index (χ1) is 9.67. The number of hydrogen-bond acceptors (Lipinski definition) is 4. The summed E-state index contributed by atoms with van der Waals surface area (Å²) >= 11 is 0. The lowest BCUT2D eigenvalue weighted by Crippen LogP contribution is -2.36. The summed E-state index contributed by atoms with van der Waals surface area (Å²) in [6, 6.07) is 0. The zero-order chi connectivity index (χ0) is 14.5. The van der Waals surface area contributed by atoms with Crippen molar-refractivity contribution in [3.63, 3.8) is 0 Å². The zero-order valence-electron chi connectivity index (χ0n) is 12.0. The Labute approximate surface area is 119 Å². The number of hydrogen-bond donors (Lipinski definition) is 3. The van der Waals surface area contributed by atoms with Crippen LogP contribution in [0.2, 0.25) is 0 Å². The molecule has 20 heavy (non-hydrogen) atoms. The number of aliphatic hydroxyl groups excluding tert-OH is 1. The summed E-state index contributed by atoms with van der Waals surface area (Å²) in [7, 11) is 0. The Morgan fingerprint density at radius 1 is 1.50 bits per heavy atom. The number of aryl methyl sites for hydroxylation is 1. The Hall–Kier alpha value is -1.56. The number of nitrogens with zero attached hydrogens (tertiary/aromatic N) is 2. The summed E-state index contributed by atoms with van der Waals surface area (Å²) in [5, 5.41) is 16.4. The van der Waals surface area contributed by atoms with Gasteiger partial charge in [0.25, 0.3) is 5.91 Å². The Bertz CT molecular complexity index is 458. The number of carbonyl (C=O) groups is 1. The minimum Gasteiger partial charge on any atom is -0.396 e. The smallest absolute Gasteiger partial charge is 0.271 e. The second-order valence-corrected chi connectivity index (χ2v) is 5.46. The van der Waals surface area contributed by atoms with E-state index in [2.05, 4.69) is 10.4 Å². The SMILES string of the molecule is CCn1ncc(N)c1C(=O)NCC1CCCCC1CO. The molecule has 0 aromatic carbocycles. The van der Waals surface area contributed by atoms with Crippen LogP contribution in [0.5, 0.6) is 0 Å². The summed E-state index contributed by atoms with van der Waals surface area (Å²) in [4.78, 5) is 12.2. The molecule has 1 amide bonds. The number of nitrogens with one attached hydrogen (secondary N) is 1. The molecule has 1 fully saturated rings. The van der Waals surface area contributed by atoms with Crippen molar-refractivity contribution in [2.45, 2.75) is 39.2 Å². The fraction of sp³-hybridized carbons (Fsp3) is 0.714. The first-order valence-corrected chi connectivity index (χ1v) is 7.37. The monoisotopic (exact) mass is 280 g/mol. The predicted octanol–water partition coefficient (Wildman–Crippen LogP) is 1.01. The molecule has 2 rings (SSSR count). The molecule has 1 saturated carbocycles. The summed E-state index contributed by atoms with van der Waals surface area (Å²) in [5.41, 5.74) is 6.64. The quantitative estimate of drug-likeness (QED) is 0.750. The number of aromatic nitrogens is 2. The largest absolute Gasteiger partial charge is 0.396 e. The van der Waals surface area contributed by atoms with E-state index in [1.165, 1.54) is 19.0 Å². The van der Waals surface area contributed by atoms with Gasteiger partial charge in [0.2, 0.25) is 0 Å². The minimum absolute atomic E-state index is 0.177. The van der Waals surface area contributed by atoms with Crippen molar-refractivity contribution >= 4 is 11.6 Å². The van der Waals surface area contributed by atoms with Gasteiger partial charge in [-0.05, 0) is 31.6 Å². The molecule has 0 saturated heterocycles. The Morgan fingerprint density at radius 3 is 2.85 bits per heavy atom. The topological polar surface area (TPSA) is 93.2 Å². The zero-order valence-corrected chi connectivity index (χ0v) is 12.0. The molecule has 0 spiro atoms. The van der Waals surface area contributed by atoms with E-state index in [0.29, 0.717) is 36.3 Å². The van der Waals surface area contributed by atoms with Crippen LogP contribution in [0.4, 0.5) is 5.69 Å². The molecule has 1 aromatic rings. The summed E-state index contributed by atoms with van der Waals surface area (Å²) in [5.74, 6) is 0.485. The lowest BCUT2D eigenvalue weighted by Gasteiger charge is -2.30. The van der Waals surface area contributed by atoms with Gasteiger partial charge in [-0.25, -0.2) is 0 Å². The van der Waals surface area contributed by atoms with E-state index in [0.717, 1.165) is 12.8 Å². The highest BCUT2D eigenvalue weighted by atomic mass is 16.3. The highest BCUT2D eigenvalue weighted by Gasteiger charge is 2.25. The first kappa shape index (κ1) is 14.8. The lowest BCUT2D eigenvalue weighted by atomic mass is 9.79. The van der Waals surface area contributed by atoms with Crippen LogP contribution in [0.1, 0.15) is 43.1 Å². The maximum Gasteiger partial charge on any atom is 0.271 e. The van der Waals surface area contributed by atoms with Crippen LogP contribution in [-0.2, 0) is 6.54 Å². The molecule has 112 valence electrons. The van der Waals surface area contributed by atoms with E-state index < -0.39 is 0 Å². The highest BCUT2D eigenvalue weighted by Crippen LogP contribution is 2.29. The molecule has 2 unspecified atom stereocenters. The summed E-state index contributed by atoms with van der Waals surface area (Å²) in [6.45, 7) is 3.34. The van der Waals surface area contributed by atoms with Gasteiger partial charge < -0.3 is 16.2 Å². The van der Waals surface area contributed by atoms with Crippen LogP contribution in [0, 0.1) is 11.8 Å². The maximum absolute atomic E-state index is 12.2. The molecule has 6 heteroatoms. The van der Waals surface area contributed by atoms with Gasteiger partial charge in [0, 0.05) is 19.7 Å². The van der Waals surface area contributed by atoms with E-state index in [1.807, 2.05) is 6.92 Å². The molecule has 1 aliphatic rings. The second kappa shape index (κ2) is 6.74. The molecule has 6 nitrogen and oxygen atoms in total. The van der Waals surface area contributed by atoms with Crippen molar-refractivity contribution < 1.29 is 9.90 Å². The molecule has 1 aromatic heterocycles. The van der Waals surface area contributed by atoms with Crippen molar-refractivity contribution in [1.29, 1.82) is 0 Å². The van der Waals surface area contributed by atoms with Gasteiger partial charge >= 0.3 is 0 Å². The molecule has 2 atom stereocenters. The maximum atomic E-state index is 12.2. The van der Waals surface area contributed by atoms with Crippen molar-refractivity contribution in [3.8, 4) is 0 Å². The van der Waals surface area contributed by atoms with Gasteiger partial charge in [-0.1, -0.05) is 12.8 Å². The van der Waals surface area contributed by atoms with E-state index >= 15 is 0 Å². The van der Waals surface area contributed by atoms with E-state index in [4.69, 9.17) is 5.73 Å². The Balaban J connectivity index is 1.96. The third-order valence-corrected chi connectivity index (χ3v) is 4.21. The lowest BCUT2D eigenvalue weighted by molar-refractivity contribution is 0.0900. The molecule has 1 aliphatic carbocycles. The first-order valence-electron chi connectivity index (χ1n) is 7.37. The highest BCUT2D eigenvalue weighted by molar-refractivity contribution is 5.97. The van der Waals surface area contributed by atoms with Gasteiger partial charge in [-0.2, -0.15) is 5.10 Å². The van der Waals surface area contributed by atoms with Crippen LogP contribution in [0.15, 0.2) is 6.20 Å². The Morgan fingerprint density at radius 2 is 2.20 bits per heavy atom. The standard InChI is InChI=1S/C14H24N4O2/c1-2-18-13(12(15)8-17-18)14(20)16-7-10-5-3-4-6-11(10)9-19/h8,10-11,19H,2-7,9,15H2,1H3,(H,16,20). The van der Waals surface area contributed by atoms with Crippen LogP contribution in [0.3, 0.4) is 0 Å². The third kappa shape index (κ3) is 3.12. The number of nitrogen functional groups attached to an aromatic ring is 1. The van der Waals surface area contributed by atoms with Gasteiger partial charge in [0.15, 0.2) is 0 Å². The number of nitrogens with two attached hydrogens (primary N) is 1. The average molecular weight is 280 g/mol. The van der Waals surface area contributed by atoms with Crippen molar-refractivity contribution in [2.24, 2.45) is 11.8 Å². The van der Waals surface area contributed by atoms with Crippen molar-refractivity contribution in [1.82, 2.24) is 15.1 Å². The molecule has 0 aliphatic heterocycles. The third-order valence-electron chi connectivity index (χ3n) is 4.21. The van der Waals surface area contributed by atoms with Crippen molar-refractivity contribution in [2.75, 3.05) is 18.9 Å². The molecule has 0 radical (unpaired) electrons. The van der Waals surface area contributed by atoms with Crippen LogP contribution in [0.25, 0.3) is 0 Å². The van der Waals surface area contributed by atoms with Crippen molar-refractivity contribution in [3.05, 3.63) is 11.9 Å². The van der Waals surface area contributed by atoms with Crippen LogP contribution < -0.4 is 11.1 Å². The molecular weight excluding hydrogens is 256 g/mol. The summed E-state index contributed by atoms with van der Waals surface area (Å²) in [6.07, 6.45) is 5.97.